The van der Waals surface area contributed by atoms with Gasteiger partial charge in [-0.15, -0.1) is 0 Å². The largest absolute Gasteiger partial charge is 0.451 e. The van der Waals surface area contributed by atoms with Crippen molar-refractivity contribution in [2.45, 2.75) is 13.1 Å². The number of hydrogen-bond donors (Lipinski definition) is 1. The van der Waals surface area contributed by atoms with Crippen LogP contribution in [0.5, 0.6) is 0 Å². The van der Waals surface area contributed by atoms with E-state index in [-0.39, 0.29) is 36.1 Å². The second-order valence-corrected chi connectivity index (χ2v) is 7.32. The zero-order valence-corrected chi connectivity index (χ0v) is 16.9. The first kappa shape index (κ1) is 19.7. The lowest BCUT2D eigenvalue weighted by Crippen LogP contribution is -2.27. The highest BCUT2D eigenvalue weighted by Crippen LogP contribution is 2.18. The lowest BCUT2D eigenvalue weighted by Gasteiger charge is -2.07. The van der Waals surface area contributed by atoms with Gasteiger partial charge in [0.1, 0.15) is 23.1 Å². The van der Waals surface area contributed by atoms with Crippen LogP contribution in [0.1, 0.15) is 16.1 Å². The summed E-state index contributed by atoms with van der Waals surface area (Å²) in [6, 6.07) is 15.2. The monoisotopic (exact) mass is 431 g/mol. The number of carbonyl (C=O) groups is 1. The van der Waals surface area contributed by atoms with Gasteiger partial charge in [-0.25, -0.2) is 14.1 Å². The number of amides is 1. The van der Waals surface area contributed by atoms with Gasteiger partial charge >= 0.3 is 0 Å². The predicted octanol–water partition coefficient (Wildman–Crippen LogP) is 2.96. The Morgan fingerprint density at radius 1 is 1.12 bits per heavy atom. The third kappa shape index (κ3) is 3.76. The van der Waals surface area contributed by atoms with Gasteiger partial charge in [-0.3, -0.25) is 14.2 Å². The Morgan fingerprint density at radius 2 is 2.00 bits per heavy atom. The van der Waals surface area contributed by atoms with Gasteiger partial charge in [-0.1, -0.05) is 30.3 Å². The topological polar surface area (TPSA) is 95.0 Å². The van der Waals surface area contributed by atoms with Crippen LogP contribution < -0.4 is 10.9 Å². The van der Waals surface area contributed by atoms with Crippen LogP contribution in [0, 0.1) is 5.82 Å². The summed E-state index contributed by atoms with van der Waals surface area (Å²) in [6.45, 7) is 0.814. The average molecular weight is 431 g/mol. The van der Waals surface area contributed by atoms with E-state index in [1.807, 2.05) is 18.2 Å². The van der Waals surface area contributed by atoms with Crippen LogP contribution in [0.3, 0.4) is 0 Å². The molecule has 0 radical (unpaired) electrons. The molecule has 2 aromatic carbocycles. The summed E-state index contributed by atoms with van der Waals surface area (Å²) in [5.41, 5.74) is 1.46. The van der Waals surface area contributed by atoms with Crippen LogP contribution in [0.2, 0.25) is 0 Å². The highest BCUT2D eigenvalue weighted by atomic mass is 19.1. The Kier molecular flexibility index (Phi) is 4.98. The van der Waals surface area contributed by atoms with E-state index in [9.17, 15) is 14.0 Å². The maximum Gasteiger partial charge on any atom is 0.287 e. The van der Waals surface area contributed by atoms with Crippen molar-refractivity contribution in [1.29, 1.82) is 0 Å². The first-order chi connectivity index (χ1) is 15.6. The van der Waals surface area contributed by atoms with Crippen LogP contribution in [-0.4, -0.2) is 31.8 Å². The van der Waals surface area contributed by atoms with Crippen molar-refractivity contribution in [3.05, 3.63) is 94.6 Å². The normalized spacial score (nSPS) is 11.3. The van der Waals surface area contributed by atoms with E-state index in [2.05, 4.69) is 15.4 Å². The Bertz CT molecular complexity index is 1470. The Hall–Kier alpha value is -4.27. The predicted molar refractivity (Wildman–Crippen MR) is 116 cm³/mol. The number of nitrogens with one attached hydrogen (secondary N) is 1. The summed E-state index contributed by atoms with van der Waals surface area (Å²) in [5, 5.41) is 8.23. The number of rotatable bonds is 6. The molecule has 5 rings (SSSR count). The van der Waals surface area contributed by atoms with Crippen molar-refractivity contribution < 1.29 is 13.6 Å². The number of carbonyl (C=O) groups excluding carboxylic acids is 1. The fourth-order valence-corrected chi connectivity index (χ4v) is 3.56. The number of aromatic nitrogens is 4. The van der Waals surface area contributed by atoms with E-state index in [0.29, 0.717) is 28.7 Å². The summed E-state index contributed by atoms with van der Waals surface area (Å²) in [4.78, 5) is 29.5. The molecule has 0 aliphatic heterocycles. The van der Waals surface area contributed by atoms with Gasteiger partial charge in [-0.05, 0) is 29.8 Å². The van der Waals surface area contributed by atoms with Crippen LogP contribution in [-0.2, 0) is 13.1 Å². The minimum atomic E-state index is -0.359. The second-order valence-electron chi connectivity index (χ2n) is 7.32. The molecule has 160 valence electrons. The Balaban J connectivity index is 1.28. The van der Waals surface area contributed by atoms with E-state index in [1.165, 1.54) is 29.2 Å². The first-order valence-electron chi connectivity index (χ1n) is 10.0. The van der Waals surface area contributed by atoms with Gasteiger partial charge in [0.2, 0.25) is 0 Å². The van der Waals surface area contributed by atoms with Crippen molar-refractivity contribution in [3.63, 3.8) is 0 Å². The highest BCUT2D eigenvalue weighted by Gasteiger charge is 2.13. The van der Waals surface area contributed by atoms with Gasteiger partial charge in [-0.2, -0.15) is 5.10 Å². The summed E-state index contributed by atoms with van der Waals surface area (Å²) in [6.07, 6.45) is 2.87. The van der Waals surface area contributed by atoms with Crippen LogP contribution in [0.25, 0.3) is 22.0 Å². The third-order valence-corrected chi connectivity index (χ3v) is 5.12. The van der Waals surface area contributed by atoms with E-state index >= 15 is 0 Å². The molecule has 0 atom stereocenters. The van der Waals surface area contributed by atoms with Crippen LogP contribution in [0.4, 0.5) is 4.39 Å². The second kappa shape index (κ2) is 8.10. The van der Waals surface area contributed by atoms with E-state index in [1.54, 1.807) is 28.9 Å². The molecule has 0 saturated heterocycles. The third-order valence-electron chi connectivity index (χ3n) is 5.12. The number of furan rings is 1. The van der Waals surface area contributed by atoms with Crippen molar-refractivity contribution in [2.75, 3.05) is 6.54 Å². The van der Waals surface area contributed by atoms with E-state index < -0.39 is 0 Å². The molecule has 5 aromatic rings. The maximum atomic E-state index is 13.4. The van der Waals surface area contributed by atoms with Crippen LogP contribution >= 0.6 is 0 Å². The molecule has 0 bridgehead atoms. The number of para-hydroxylation sites is 1. The summed E-state index contributed by atoms with van der Waals surface area (Å²) >= 11 is 0. The highest BCUT2D eigenvalue weighted by molar-refractivity contribution is 5.96. The SMILES string of the molecule is O=C(NCCn1ncc2c(=O)n(Cc3cccc(F)c3)cnc21)c1cc2ccccc2o1. The fourth-order valence-electron chi connectivity index (χ4n) is 3.56. The number of fused-ring (bicyclic) bond motifs is 2. The summed E-state index contributed by atoms with van der Waals surface area (Å²) < 4.78 is 21.9. The van der Waals surface area contributed by atoms with E-state index in [4.69, 9.17) is 4.42 Å². The fraction of sp³-hybridized carbons (Fsp3) is 0.130. The maximum absolute atomic E-state index is 13.4. The van der Waals surface area contributed by atoms with Gasteiger partial charge in [0.05, 0.1) is 19.3 Å². The standard InChI is InChI=1S/C23H18FN5O3/c24-17-6-3-4-15(10-17)13-28-14-26-21-18(23(28)31)12-27-29(21)9-8-25-22(30)20-11-16-5-1-2-7-19(16)32-20/h1-7,10-12,14H,8-9,13H2,(H,25,30). The molecular formula is C23H18FN5O3. The van der Waals surface area contributed by atoms with Crippen molar-refractivity contribution in [1.82, 2.24) is 24.6 Å². The van der Waals surface area contributed by atoms with Gasteiger partial charge in [0, 0.05) is 11.9 Å². The quantitative estimate of drug-likeness (QED) is 0.446. The molecule has 3 heterocycles. The van der Waals surface area contributed by atoms with Gasteiger partial charge < -0.3 is 9.73 Å². The molecule has 9 heteroatoms. The number of hydrogen-bond acceptors (Lipinski definition) is 5. The molecule has 1 amide bonds. The van der Waals surface area contributed by atoms with Crippen molar-refractivity contribution in [3.8, 4) is 0 Å². The molecule has 1 N–H and O–H groups in total. The molecule has 0 saturated carbocycles. The Labute approximate surface area is 180 Å². The molecule has 0 spiro atoms. The van der Waals surface area contributed by atoms with Gasteiger partial charge in [0.25, 0.3) is 11.5 Å². The molecule has 0 fully saturated rings. The molecule has 8 nitrogen and oxygen atoms in total. The molecule has 0 unspecified atom stereocenters. The minimum Gasteiger partial charge on any atom is -0.451 e. The summed E-state index contributed by atoms with van der Waals surface area (Å²) in [5.74, 6) is -0.458. The molecule has 3 aromatic heterocycles. The zero-order chi connectivity index (χ0) is 22.1. The number of halogens is 1. The lowest BCUT2D eigenvalue weighted by molar-refractivity contribution is 0.0926. The van der Waals surface area contributed by atoms with Crippen LogP contribution in [0.15, 0.2) is 76.3 Å². The molecular weight excluding hydrogens is 413 g/mol. The molecule has 0 aliphatic carbocycles. The molecule has 0 aliphatic rings. The first-order valence-corrected chi connectivity index (χ1v) is 10.0. The zero-order valence-electron chi connectivity index (χ0n) is 16.9. The van der Waals surface area contributed by atoms with Crippen molar-refractivity contribution >= 4 is 27.9 Å². The average Bonchev–Trinajstić information content (AvgIpc) is 3.40. The van der Waals surface area contributed by atoms with E-state index in [0.717, 1.165) is 5.39 Å². The lowest BCUT2D eigenvalue weighted by atomic mass is 10.2. The smallest absolute Gasteiger partial charge is 0.287 e. The van der Waals surface area contributed by atoms with Gasteiger partial charge in [0.15, 0.2) is 11.4 Å². The minimum absolute atomic E-state index is 0.207. The van der Waals surface area contributed by atoms with Crippen molar-refractivity contribution in [2.24, 2.45) is 0 Å². The Morgan fingerprint density at radius 3 is 2.84 bits per heavy atom. The molecule has 32 heavy (non-hydrogen) atoms. The number of benzene rings is 2. The summed E-state index contributed by atoms with van der Waals surface area (Å²) in [7, 11) is 0. The number of nitrogens with zero attached hydrogens (tertiary/aromatic N) is 4.